The molecule has 21 heavy (non-hydrogen) atoms. The lowest BCUT2D eigenvalue weighted by molar-refractivity contribution is 0.0691. The Bertz CT molecular complexity index is 808. The van der Waals surface area contributed by atoms with Gasteiger partial charge in [-0.1, -0.05) is 12.1 Å². The number of carboxylic acid groups (broad SMARTS) is 1. The third-order valence-electron chi connectivity index (χ3n) is 2.89. The Morgan fingerprint density at radius 3 is 2.43 bits per heavy atom. The fraction of sp³-hybridized carbons (Fsp3) is 0.154. The number of carbonyl (C=O) groups is 1. The van der Waals surface area contributed by atoms with Crippen LogP contribution in [0.4, 0.5) is 11.4 Å². The highest BCUT2D eigenvalue weighted by Gasteiger charge is 2.31. The second-order valence-electron chi connectivity index (χ2n) is 4.42. The molecule has 0 atom stereocenters. The maximum atomic E-state index is 12.4. The van der Waals surface area contributed by atoms with Crippen LogP contribution in [0, 0.1) is 13.8 Å². The summed E-state index contributed by atoms with van der Waals surface area (Å²) in [5.74, 6) is -1.33. The number of furan rings is 1. The number of anilines is 2. The molecule has 2 rings (SSSR count). The Kier molecular flexibility index (Phi) is 3.65. The molecule has 0 bridgehead atoms. The maximum Gasteiger partial charge on any atom is 0.340 e. The molecule has 0 spiro atoms. The van der Waals surface area contributed by atoms with Gasteiger partial charge in [-0.2, -0.15) is 0 Å². The molecule has 0 aliphatic carbocycles. The minimum absolute atomic E-state index is 0.00639. The van der Waals surface area contributed by atoms with Crippen molar-refractivity contribution in [3.63, 3.8) is 0 Å². The fourth-order valence-electron chi connectivity index (χ4n) is 2.02. The number of para-hydroxylation sites is 2. The van der Waals surface area contributed by atoms with Gasteiger partial charge in [0, 0.05) is 0 Å². The largest absolute Gasteiger partial charge is 0.478 e. The van der Waals surface area contributed by atoms with Crippen molar-refractivity contribution in [1.29, 1.82) is 0 Å². The van der Waals surface area contributed by atoms with E-state index in [9.17, 15) is 13.2 Å². The molecule has 0 aliphatic rings. The Balaban J connectivity index is 2.56. The zero-order valence-electron chi connectivity index (χ0n) is 11.4. The minimum Gasteiger partial charge on any atom is -0.478 e. The number of nitrogen functional groups attached to an aromatic ring is 1. The molecule has 0 saturated carbocycles. The van der Waals surface area contributed by atoms with E-state index < -0.39 is 20.9 Å². The number of carboxylic acids is 1. The number of nitrogens with one attached hydrogen (secondary N) is 1. The van der Waals surface area contributed by atoms with Gasteiger partial charge in [0.15, 0.2) is 0 Å². The predicted molar refractivity (Wildman–Crippen MR) is 76.8 cm³/mol. The van der Waals surface area contributed by atoms with Crippen molar-refractivity contribution >= 4 is 27.4 Å². The Morgan fingerprint density at radius 2 is 1.86 bits per heavy atom. The molecule has 8 heteroatoms. The summed E-state index contributed by atoms with van der Waals surface area (Å²) in [5.41, 5.74) is 5.71. The van der Waals surface area contributed by atoms with Crippen molar-refractivity contribution in [2.75, 3.05) is 10.5 Å². The number of hydrogen-bond acceptors (Lipinski definition) is 5. The first-order chi connectivity index (χ1) is 9.74. The van der Waals surface area contributed by atoms with Crippen LogP contribution in [0.1, 0.15) is 21.9 Å². The second-order valence-corrected chi connectivity index (χ2v) is 6.04. The first-order valence-electron chi connectivity index (χ1n) is 5.94. The van der Waals surface area contributed by atoms with Gasteiger partial charge < -0.3 is 15.3 Å². The zero-order valence-corrected chi connectivity index (χ0v) is 12.2. The van der Waals surface area contributed by atoms with E-state index in [1.54, 1.807) is 12.1 Å². The van der Waals surface area contributed by atoms with Gasteiger partial charge in [0.2, 0.25) is 0 Å². The Morgan fingerprint density at radius 1 is 1.24 bits per heavy atom. The third kappa shape index (κ3) is 2.70. The molecule has 0 saturated heterocycles. The third-order valence-corrected chi connectivity index (χ3v) is 4.41. The van der Waals surface area contributed by atoms with Crippen molar-refractivity contribution < 1.29 is 22.7 Å². The quantitative estimate of drug-likeness (QED) is 0.742. The van der Waals surface area contributed by atoms with Crippen LogP contribution in [0.5, 0.6) is 0 Å². The SMILES string of the molecule is Cc1oc(C)c(S(=O)(=O)Nc2ccccc2N)c1C(=O)O. The summed E-state index contributed by atoms with van der Waals surface area (Å²) >= 11 is 0. The number of aromatic carboxylic acids is 1. The van der Waals surface area contributed by atoms with Crippen molar-refractivity contribution in [3.05, 3.63) is 41.3 Å². The number of nitrogens with two attached hydrogens (primary N) is 1. The van der Waals surface area contributed by atoms with Crippen LogP contribution in [-0.4, -0.2) is 19.5 Å². The van der Waals surface area contributed by atoms with Crippen LogP contribution in [0.2, 0.25) is 0 Å². The van der Waals surface area contributed by atoms with E-state index >= 15 is 0 Å². The van der Waals surface area contributed by atoms with E-state index in [0.29, 0.717) is 0 Å². The highest BCUT2D eigenvalue weighted by Crippen LogP contribution is 2.29. The molecule has 1 aromatic carbocycles. The van der Waals surface area contributed by atoms with Crippen LogP contribution >= 0.6 is 0 Å². The maximum absolute atomic E-state index is 12.4. The van der Waals surface area contributed by atoms with E-state index in [2.05, 4.69) is 4.72 Å². The van der Waals surface area contributed by atoms with Crippen molar-refractivity contribution in [2.24, 2.45) is 0 Å². The van der Waals surface area contributed by atoms with E-state index in [0.717, 1.165) is 0 Å². The standard InChI is InChI=1S/C13H14N2O5S/c1-7-11(13(16)17)12(8(2)20-7)21(18,19)15-10-6-4-3-5-9(10)14/h3-6,15H,14H2,1-2H3,(H,16,17). The van der Waals surface area contributed by atoms with Gasteiger partial charge in [-0.25, -0.2) is 13.2 Å². The number of benzene rings is 1. The Hall–Kier alpha value is -2.48. The van der Waals surface area contributed by atoms with Gasteiger partial charge in [0.1, 0.15) is 22.0 Å². The van der Waals surface area contributed by atoms with Gasteiger partial charge >= 0.3 is 5.97 Å². The molecule has 2 aromatic rings. The number of sulfonamides is 1. The number of rotatable bonds is 4. The zero-order chi connectivity index (χ0) is 15.8. The molecule has 7 nitrogen and oxygen atoms in total. The molecule has 0 aliphatic heterocycles. The summed E-state index contributed by atoms with van der Waals surface area (Å²) in [6, 6.07) is 6.28. The van der Waals surface area contributed by atoms with Crippen molar-refractivity contribution in [1.82, 2.24) is 0 Å². The molecule has 112 valence electrons. The smallest absolute Gasteiger partial charge is 0.340 e. The first kappa shape index (κ1) is 14.9. The van der Waals surface area contributed by atoms with Crippen LogP contribution in [-0.2, 0) is 10.0 Å². The Labute approximate surface area is 121 Å². The van der Waals surface area contributed by atoms with Gasteiger partial charge in [-0.15, -0.1) is 0 Å². The van der Waals surface area contributed by atoms with E-state index in [4.69, 9.17) is 15.3 Å². The molecule has 0 unspecified atom stereocenters. The van der Waals surface area contributed by atoms with Crippen LogP contribution in [0.3, 0.4) is 0 Å². The molecule has 1 heterocycles. The predicted octanol–water partition coefficient (Wildman–Crippen LogP) is 1.98. The lowest BCUT2D eigenvalue weighted by Crippen LogP contribution is -2.17. The highest BCUT2D eigenvalue weighted by molar-refractivity contribution is 7.92. The second kappa shape index (κ2) is 5.13. The van der Waals surface area contributed by atoms with Crippen LogP contribution in [0.15, 0.2) is 33.6 Å². The van der Waals surface area contributed by atoms with Crippen LogP contribution < -0.4 is 10.5 Å². The summed E-state index contributed by atoms with van der Waals surface area (Å²) in [6.45, 7) is 2.79. The lowest BCUT2D eigenvalue weighted by atomic mass is 10.2. The molecule has 0 amide bonds. The van der Waals surface area contributed by atoms with Gasteiger partial charge in [0.05, 0.1) is 11.4 Å². The summed E-state index contributed by atoms with van der Waals surface area (Å²) in [7, 11) is -4.13. The summed E-state index contributed by atoms with van der Waals surface area (Å²) in [5, 5.41) is 9.17. The topological polar surface area (TPSA) is 123 Å². The van der Waals surface area contributed by atoms with Crippen LogP contribution in [0.25, 0.3) is 0 Å². The average Bonchev–Trinajstić information content (AvgIpc) is 2.67. The normalized spacial score (nSPS) is 11.3. The first-order valence-corrected chi connectivity index (χ1v) is 7.43. The fourth-order valence-corrected chi connectivity index (χ4v) is 3.52. The van der Waals surface area contributed by atoms with Crippen molar-refractivity contribution in [2.45, 2.75) is 18.7 Å². The van der Waals surface area contributed by atoms with Gasteiger partial charge in [0.25, 0.3) is 10.0 Å². The van der Waals surface area contributed by atoms with Gasteiger partial charge in [-0.05, 0) is 26.0 Å². The lowest BCUT2D eigenvalue weighted by Gasteiger charge is -2.10. The molecule has 0 fully saturated rings. The van der Waals surface area contributed by atoms with E-state index in [-0.39, 0.29) is 28.5 Å². The molecule has 1 aromatic heterocycles. The van der Waals surface area contributed by atoms with Gasteiger partial charge in [-0.3, -0.25) is 4.72 Å². The number of hydrogen-bond donors (Lipinski definition) is 3. The molecular formula is C13H14N2O5S. The monoisotopic (exact) mass is 310 g/mol. The molecular weight excluding hydrogens is 296 g/mol. The number of aryl methyl sites for hydroxylation is 2. The van der Waals surface area contributed by atoms with E-state index in [1.807, 2.05) is 0 Å². The summed E-state index contributed by atoms with van der Waals surface area (Å²) in [6.07, 6.45) is 0. The van der Waals surface area contributed by atoms with Crippen molar-refractivity contribution in [3.8, 4) is 0 Å². The molecule has 0 radical (unpaired) electrons. The minimum atomic E-state index is -4.13. The highest BCUT2D eigenvalue weighted by atomic mass is 32.2. The summed E-state index contributed by atoms with van der Waals surface area (Å²) < 4.78 is 32.3. The average molecular weight is 310 g/mol. The van der Waals surface area contributed by atoms with E-state index in [1.165, 1.54) is 26.0 Å². The molecule has 4 N–H and O–H groups in total. The summed E-state index contributed by atoms with van der Waals surface area (Å²) in [4.78, 5) is 10.9.